The molecule has 0 aromatic heterocycles. The third-order valence-electron chi connectivity index (χ3n) is 3.97. The highest BCUT2D eigenvalue weighted by atomic mass is 16.2. The summed E-state index contributed by atoms with van der Waals surface area (Å²) < 4.78 is 0. The summed E-state index contributed by atoms with van der Waals surface area (Å²) in [5.41, 5.74) is 7.66. The molecule has 3 rings (SSSR count). The number of hydrogen-bond acceptors (Lipinski definition) is 3. The molecule has 1 saturated carbocycles. The SMILES string of the molecule is Nc1ccc(N2CCCC(C(=O)NC3CC3)C2)cc1. The molecule has 102 valence electrons. The van der Waals surface area contributed by atoms with Crippen LogP contribution in [0.15, 0.2) is 24.3 Å². The van der Waals surface area contributed by atoms with Crippen molar-refractivity contribution in [1.82, 2.24) is 5.32 Å². The number of piperidine rings is 1. The molecule has 2 aliphatic rings. The van der Waals surface area contributed by atoms with Crippen molar-refractivity contribution >= 4 is 17.3 Å². The predicted octanol–water partition coefficient (Wildman–Crippen LogP) is 1.76. The van der Waals surface area contributed by atoms with Gasteiger partial charge in [0.05, 0.1) is 5.92 Å². The molecule has 0 radical (unpaired) electrons. The van der Waals surface area contributed by atoms with E-state index in [1.165, 1.54) is 0 Å². The fourth-order valence-corrected chi connectivity index (χ4v) is 2.66. The maximum absolute atomic E-state index is 12.1. The molecule has 1 saturated heterocycles. The van der Waals surface area contributed by atoms with E-state index in [2.05, 4.69) is 10.2 Å². The second kappa shape index (κ2) is 5.11. The summed E-state index contributed by atoms with van der Waals surface area (Å²) in [4.78, 5) is 14.4. The van der Waals surface area contributed by atoms with Gasteiger partial charge in [0.2, 0.25) is 5.91 Å². The Morgan fingerprint density at radius 3 is 2.63 bits per heavy atom. The molecule has 1 aliphatic carbocycles. The van der Waals surface area contributed by atoms with Crippen molar-refractivity contribution in [3.05, 3.63) is 24.3 Å². The van der Waals surface area contributed by atoms with Gasteiger partial charge >= 0.3 is 0 Å². The summed E-state index contributed by atoms with van der Waals surface area (Å²) in [7, 11) is 0. The maximum Gasteiger partial charge on any atom is 0.225 e. The second-order valence-electron chi connectivity index (χ2n) is 5.66. The van der Waals surface area contributed by atoms with E-state index < -0.39 is 0 Å². The van der Waals surface area contributed by atoms with E-state index in [0.717, 1.165) is 50.1 Å². The van der Waals surface area contributed by atoms with Gasteiger partial charge < -0.3 is 16.0 Å². The second-order valence-corrected chi connectivity index (χ2v) is 5.66. The number of rotatable bonds is 3. The van der Waals surface area contributed by atoms with Gasteiger partial charge in [0.25, 0.3) is 0 Å². The molecule has 1 atom stereocenters. The Kier molecular flexibility index (Phi) is 3.32. The molecule has 4 heteroatoms. The van der Waals surface area contributed by atoms with Crippen LogP contribution in [0.25, 0.3) is 0 Å². The molecular weight excluding hydrogens is 238 g/mol. The molecule has 0 bridgehead atoms. The van der Waals surface area contributed by atoms with Crippen LogP contribution in [0.5, 0.6) is 0 Å². The molecule has 1 amide bonds. The molecular formula is C15H21N3O. The first kappa shape index (κ1) is 12.3. The normalized spacial score (nSPS) is 23.2. The lowest BCUT2D eigenvalue weighted by Crippen LogP contribution is -2.43. The van der Waals surface area contributed by atoms with Crippen molar-refractivity contribution in [2.75, 3.05) is 23.7 Å². The minimum Gasteiger partial charge on any atom is -0.399 e. The zero-order valence-electron chi connectivity index (χ0n) is 11.1. The third-order valence-corrected chi connectivity index (χ3v) is 3.97. The molecule has 1 aliphatic heterocycles. The Balaban J connectivity index is 1.63. The Morgan fingerprint density at radius 2 is 1.95 bits per heavy atom. The number of carbonyl (C=O) groups is 1. The fourth-order valence-electron chi connectivity index (χ4n) is 2.66. The summed E-state index contributed by atoms with van der Waals surface area (Å²) in [5, 5.41) is 3.12. The van der Waals surface area contributed by atoms with Crippen LogP contribution < -0.4 is 16.0 Å². The van der Waals surface area contributed by atoms with E-state index in [1.807, 2.05) is 24.3 Å². The van der Waals surface area contributed by atoms with Crippen LogP contribution in [0.4, 0.5) is 11.4 Å². The first-order chi connectivity index (χ1) is 9.22. The highest BCUT2D eigenvalue weighted by molar-refractivity contribution is 5.80. The standard InChI is InChI=1S/C15H21N3O/c16-12-3-7-14(8-4-12)18-9-1-2-11(10-18)15(19)17-13-5-6-13/h3-4,7-8,11,13H,1-2,5-6,9-10,16H2,(H,17,19). The van der Waals surface area contributed by atoms with E-state index in [4.69, 9.17) is 5.73 Å². The summed E-state index contributed by atoms with van der Waals surface area (Å²) >= 11 is 0. The van der Waals surface area contributed by atoms with Crippen molar-refractivity contribution in [2.24, 2.45) is 5.92 Å². The first-order valence-corrected chi connectivity index (χ1v) is 7.13. The maximum atomic E-state index is 12.1. The lowest BCUT2D eigenvalue weighted by atomic mass is 9.96. The number of nitrogens with zero attached hydrogens (tertiary/aromatic N) is 1. The zero-order valence-corrected chi connectivity index (χ0v) is 11.1. The number of amides is 1. The van der Waals surface area contributed by atoms with E-state index in [0.29, 0.717) is 6.04 Å². The number of benzene rings is 1. The van der Waals surface area contributed by atoms with E-state index in [9.17, 15) is 4.79 Å². The minimum absolute atomic E-state index is 0.131. The average molecular weight is 259 g/mol. The molecule has 2 fully saturated rings. The Labute approximate surface area is 114 Å². The summed E-state index contributed by atoms with van der Waals surface area (Å²) in [6.45, 7) is 1.85. The van der Waals surface area contributed by atoms with Gasteiger partial charge in [-0.25, -0.2) is 0 Å². The van der Waals surface area contributed by atoms with Crippen LogP contribution >= 0.6 is 0 Å². The monoisotopic (exact) mass is 259 g/mol. The third kappa shape index (κ3) is 3.00. The zero-order chi connectivity index (χ0) is 13.2. The van der Waals surface area contributed by atoms with Gasteiger partial charge in [-0.2, -0.15) is 0 Å². The van der Waals surface area contributed by atoms with Crippen molar-refractivity contribution in [3.63, 3.8) is 0 Å². The number of nitrogen functional groups attached to an aromatic ring is 1. The topological polar surface area (TPSA) is 58.4 Å². The van der Waals surface area contributed by atoms with Crippen molar-refractivity contribution < 1.29 is 4.79 Å². The molecule has 1 heterocycles. The van der Waals surface area contributed by atoms with E-state index >= 15 is 0 Å². The van der Waals surface area contributed by atoms with Gasteiger partial charge in [-0.15, -0.1) is 0 Å². The molecule has 1 unspecified atom stereocenters. The van der Waals surface area contributed by atoms with E-state index in [-0.39, 0.29) is 11.8 Å². The number of nitrogens with two attached hydrogens (primary N) is 1. The lowest BCUT2D eigenvalue weighted by molar-refractivity contribution is -0.125. The molecule has 3 N–H and O–H groups in total. The number of anilines is 2. The number of hydrogen-bond donors (Lipinski definition) is 2. The van der Waals surface area contributed by atoms with Crippen LogP contribution in [0.2, 0.25) is 0 Å². The highest BCUT2D eigenvalue weighted by Crippen LogP contribution is 2.25. The van der Waals surface area contributed by atoms with Crippen LogP contribution in [0, 0.1) is 5.92 Å². The van der Waals surface area contributed by atoms with Gasteiger partial charge in [-0.05, 0) is 49.9 Å². The molecule has 19 heavy (non-hydrogen) atoms. The summed E-state index contributed by atoms with van der Waals surface area (Å²) in [6, 6.07) is 8.37. The quantitative estimate of drug-likeness (QED) is 0.813. The summed E-state index contributed by atoms with van der Waals surface area (Å²) in [6.07, 6.45) is 4.39. The lowest BCUT2D eigenvalue weighted by Gasteiger charge is -2.33. The van der Waals surface area contributed by atoms with Gasteiger partial charge in [0, 0.05) is 30.5 Å². The Bertz CT molecular complexity index is 453. The van der Waals surface area contributed by atoms with Crippen LogP contribution in [-0.4, -0.2) is 25.0 Å². The van der Waals surface area contributed by atoms with Gasteiger partial charge in [0.15, 0.2) is 0 Å². The fraction of sp³-hybridized carbons (Fsp3) is 0.533. The Hall–Kier alpha value is -1.71. The molecule has 0 spiro atoms. The van der Waals surface area contributed by atoms with Crippen molar-refractivity contribution in [1.29, 1.82) is 0 Å². The largest absolute Gasteiger partial charge is 0.399 e. The van der Waals surface area contributed by atoms with Crippen molar-refractivity contribution in [2.45, 2.75) is 31.7 Å². The smallest absolute Gasteiger partial charge is 0.225 e. The van der Waals surface area contributed by atoms with Crippen molar-refractivity contribution in [3.8, 4) is 0 Å². The van der Waals surface area contributed by atoms with Gasteiger partial charge in [-0.1, -0.05) is 0 Å². The van der Waals surface area contributed by atoms with Gasteiger partial charge in [-0.3, -0.25) is 4.79 Å². The minimum atomic E-state index is 0.131. The van der Waals surface area contributed by atoms with Crippen LogP contribution in [0.1, 0.15) is 25.7 Å². The predicted molar refractivity (Wildman–Crippen MR) is 77.0 cm³/mol. The molecule has 1 aromatic rings. The number of nitrogens with one attached hydrogen (secondary N) is 1. The van der Waals surface area contributed by atoms with Crippen LogP contribution in [-0.2, 0) is 4.79 Å². The van der Waals surface area contributed by atoms with Gasteiger partial charge in [0.1, 0.15) is 0 Å². The summed E-state index contributed by atoms with van der Waals surface area (Å²) in [5.74, 6) is 0.370. The first-order valence-electron chi connectivity index (χ1n) is 7.13. The van der Waals surface area contributed by atoms with E-state index in [1.54, 1.807) is 0 Å². The molecule has 1 aromatic carbocycles. The Morgan fingerprint density at radius 1 is 1.21 bits per heavy atom. The highest BCUT2D eigenvalue weighted by Gasteiger charge is 2.30. The number of carbonyl (C=O) groups excluding carboxylic acids is 1. The molecule has 4 nitrogen and oxygen atoms in total. The van der Waals surface area contributed by atoms with Crippen LogP contribution in [0.3, 0.4) is 0 Å². The average Bonchev–Trinajstić information content (AvgIpc) is 3.24.